The Morgan fingerprint density at radius 2 is 1.28 bits per heavy atom. The summed E-state index contributed by atoms with van der Waals surface area (Å²) in [6.45, 7) is 0. The molecule has 4 N–H and O–H groups in total. The molecule has 4 aliphatic rings. The van der Waals surface area contributed by atoms with Gasteiger partial charge in [0.05, 0.1) is 67.6 Å². The van der Waals surface area contributed by atoms with E-state index in [1.807, 2.05) is 24.3 Å². The van der Waals surface area contributed by atoms with E-state index in [4.69, 9.17) is 28.9 Å². The minimum Gasteiger partial charge on any atom is -0.497 e. The van der Waals surface area contributed by atoms with Crippen LogP contribution in [0, 0.1) is 0 Å². The van der Waals surface area contributed by atoms with E-state index in [1.54, 1.807) is 26.0 Å². The summed E-state index contributed by atoms with van der Waals surface area (Å²) in [7, 11) is 4.66. The molecule has 0 spiro atoms. The monoisotopic (exact) mass is 758 g/mol. The molecular weight excluding hydrogens is 713 g/mol. The summed E-state index contributed by atoms with van der Waals surface area (Å²) in [5.74, 6) is 1.54. The second kappa shape index (κ2) is 15.6. The number of hydrogen-bond donors (Lipinski definition) is 4. The van der Waals surface area contributed by atoms with Crippen LogP contribution in [0.15, 0.2) is 46.4 Å². The molecule has 3 atom stereocenters. The molecule has 2 aliphatic carbocycles. The molecule has 2 fully saturated rings. The van der Waals surface area contributed by atoms with E-state index >= 15 is 0 Å². The number of carbonyl (C=O) groups excluding carboxylic acids is 2. The fourth-order valence-corrected chi connectivity index (χ4v) is 9.93. The summed E-state index contributed by atoms with van der Waals surface area (Å²) in [5, 5.41) is 11.0. The number of anilines is 2. The molecule has 4 heterocycles. The number of aromatic nitrogens is 2. The van der Waals surface area contributed by atoms with Gasteiger partial charge in [-0.05, 0) is 49.9 Å². The van der Waals surface area contributed by atoms with Crippen LogP contribution in [0.4, 0.5) is 11.4 Å². The molecule has 3 unspecified atom stereocenters. The predicted octanol–water partition coefficient (Wildman–Crippen LogP) is 7.27. The van der Waals surface area contributed by atoms with Crippen molar-refractivity contribution in [3.05, 3.63) is 47.8 Å². The maximum absolute atomic E-state index is 13.3. The van der Waals surface area contributed by atoms with Crippen molar-refractivity contribution in [2.75, 3.05) is 43.5 Å². The van der Waals surface area contributed by atoms with Crippen LogP contribution in [0.3, 0.4) is 0 Å². The molecule has 2 aromatic heterocycles. The molecule has 280 valence electrons. The van der Waals surface area contributed by atoms with E-state index in [0.29, 0.717) is 23.6 Å². The van der Waals surface area contributed by atoms with E-state index in [9.17, 15) is 9.59 Å². The van der Waals surface area contributed by atoms with E-state index < -0.39 is 24.1 Å². The van der Waals surface area contributed by atoms with Crippen LogP contribution in [0.25, 0.3) is 21.8 Å². The van der Waals surface area contributed by atoms with Crippen LogP contribution in [-0.2, 0) is 19.1 Å². The maximum Gasteiger partial charge on any atom is 0.349 e. The Balaban J connectivity index is 0.953. The lowest BCUT2D eigenvalue weighted by atomic mass is 10.1. The van der Waals surface area contributed by atoms with Crippen LogP contribution < -0.4 is 20.1 Å². The number of carbonyl (C=O) groups is 2. The number of benzene rings is 2. The first kappa shape index (κ1) is 35.7. The fraction of sp³-hybridized carbons (Fsp3) is 0.487. The lowest BCUT2D eigenvalue weighted by molar-refractivity contribution is -0.167. The van der Waals surface area contributed by atoms with Gasteiger partial charge in [0.1, 0.15) is 27.6 Å². The zero-order valence-corrected chi connectivity index (χ0v) is 31.9. The van der Waals surface area contributed by atoms with Crippen LogP contribution in [0.1, 0.15) is 69.2 Å². The predicted molar refractivity (Wildman–Crippen MR) is 214 cm³/mol. The van der Waals surface area contributed by atoms with E-state index in [1.165, 1.54) is 44.6 Å². The summed E-state index contributed by atoms with van der Waals surface area (Å²) in [6, 6.07) is 12.2. The molecule has 53 heavy (non-hydrogen) atoms. The number of fused-ring (bicyclic) bond motifs is 2. The van der Waals surface area contributed by atoms with Gasteiger partial charge in [-0.1, -0.05) is 25.7 Å². The third-order valence-electron chi connectivity index (χ3n) is 10.6. The first-order valence-electron chi connectivity index (χ1n) is 18.5. The normalized spacial score (nSPS) is 21.2. The number of aliphatic imine (C=N–C) groups is 2. The van der Waals surface area contributed by atoms with Gasteiger partial charge in [-0.3, -0.25) is 14.8 Å². The van der Waals surface area contributed by atoms with Crippen molar-refractivity contribution >= 4 is 78.7 Å². The Morgan fingerprint density at radius 1 is 0.755 bits per heavy atom. The van der Waals surface area contributed by atoms with Crippen LogP contribution in [0.2, 0.25) is 0 Å². The first-order valence-corrected chi connectivity index (χ1v) is 20.5. The van der Waals surface area contributed by atoms with Gasteiger partial charge in [-0.15, -0.1) is 23.5 Å². The van der Waals surface area contributed by atoms with Crippen molar-refractivity contribution in [2.45, 2.75) is 88.1 Å². The summed E-state index contributed by atoms with van der Waals surface area (Å²) in [6.07, 6.45) is 8.46. The number of nitrogens with one attached hydrogen (secondary N) is 4. The Kier molecular flexibility index (Phi) is 10.5. The smallest absolute Gasteiger partial charge is 0.349 e. The van der Waals surface area contributed by atoms with Gasteiger partial charge in [-0.25, -0.2) is 4.79 Å². The molecule has 4 aromatic rings. The van der Waals surface area contributed by atoms with Crippen molar-refractivity contribution in [1.29, 1.82) is 0 Å². The SMILES string of the molecule is COC(=O)C(OC(=O)CC1CSC(c2cc3cc(OC)cc(NC4CCCC4)c3[nH]2)=N1)C1CSC(c2cc3cc(OC)cc(NC4CCCC4)c3[nH]2)=N1. The van der Waals surface area contributed by atoms with E-state index in [-0.39, 0.29) is 12.5 Å². The number of H-pyrrole nitrogens is 2. The quantitative estimate of drug-likeness (QED) is 0.103. The summed E-state index contributed by atoms with van der Waals surface area (Å²) in [5.41, 5.74) is 5.77. The highest BCUT2D eigenvalue weighted by atomic mass is 32.2. The zero-order valence-electron chi connectivity index (χ0n) is 30.3. The number of rotatable bonds is 13. The highest BCUT2D eigenvalue weighted by Gasteiger charge is 2.38. The minimum absolute atomic E-state index is 0.0452. The van der Waals surface area contributed by atoms with Crippen molar-refractivity contribution in [2.24, 2.45) is 9.98 Å². The number of thioether (sulfide) groups is 2. The molecule has 2 aliphatic heterocycles. The van der Waals surface area contributed by atoms with Crippen molar-refractivity contribution in [1.82, 2.24) is 9.97 Å². The average Bonchev–Trinajstić information content (AvgIpc) is 4.01. The van der Waals surface area contributed by atoms with Gasteiger partial charge in [-0.2, -0.15) is 0 Å². The summed E-state index contributed by atoms with van der Waals surface area (Å²) < 4.78 is 22.1. The Labute approximate surface area is 317 Å². The highest BCUT2D eigenvalue weighted by Crippen LogP contribution is 2.37. The van der Waals surface area contributed by atoms with Crippen LogP contribution >= 0.6 is 23.5 Å². The second-order valence-corrected chi connectivity index (χ2v) is 16.3. The fourth-order valence-electron chi connectivity index (χ4n) is 7.85. The van der Waals surface area contributed by atoms with Crippen molar-refractivity contribution in [3.63, 3.8) is 0 Å². The molecule has 0 bridgehead atoms. The molecule has 14 heteroatoms. The molecule has 12 nitrogen and oxygen atoms in total. The number of ether oxygens (including phenoxy) is 4. The lowest BCUT2D eigenvalue weighted by Gasteiger charge is -2.19. The number of methoxy groups -OCH3 is 3. The number of aromatic amines is 2. The number of esters is 2. The lowest BCUT2D eigenvalue weighted by Crippen LogP contribution is -2.39. The van der Waals surface area contributed by atoms with Crippen LogP contribution in [0.5, 0.6) is 11.5 Å². The van der Waals surface area contributed by atoms with E-state index in [0.717, 1.165) is 91.8 Å². The number of hydrogen-bond acceptors (Lipinski definition) is 12. The van der Waals surface area contributed by atoms with Crippen molar-refractivity contribution in [3.8, 4) is 11.5 Å². The summed E-state index contributed by atoms with van der Waals surface area (Å²) in [4.78, 5) is 43.2. The van der Waals surface area contributed by atoms with E-state index in [2.05, 4.69) is 32.7 Å². The largest absolute Gasteiger partial charge is 0.497 e. The topological polar surface area (TPSA) is 151 Å². The molecule has 0 saturated heterocycles. The Hall–Kier alpha value is -4.30. The van der Waals surface area contributed by atoms with Gasteiger partial charge in [0.15, 0.2) is 0 Å². The average molecular weight is 759 g/mol. The Bertz CT molecular complexity index is 2060. The van der Waals surface area contributed by atoms with Gasteiger partial charge in [0, 0.05) is 46.5 Å². The highest BCUT2D eigenvalue weighted by molar-refractivity contribution is 8.15. The van der Waals surface area contributed by atoms with Crippen molar-refractivity contribution < 1.29 is 28.5 Å². The van der Waals surface area contributed by atoms with Gasteiger partial charge < -0.3 is 39.5 Å². The molecule has 8 rings (SSSR count). The van der Waals surface area contributed by atoms with Crippen LogP contribution in [-0.4, -0.2) is 95.1 Å². The second-order valence-electron chi connectivity index (χ2n) is 14.2. The molecule has 0 radical (unpaired) electrons. The molecule has 2 aromatic carbocycles. The molecule has 0 amide bonds. The van der Waals surface area contributed by atoms with Gasteiger partial charge in [0.2, 0.25) is 6.10 Å². The maximum atomic E-state index is 13.3. The number of nitrogens with zero attached hydrogens (tertiary/aromatic N) is 2. The summed E-state index contributed by atoms with van der Waals surface area (Å²) >= 11 is 3.12. The minimum atomic E-state index is -1.16. The third kappa shape index (κ3) is 7.71. The van der Waals surface area contributed by atoms with Gasteiger partial charge in [0.25, 0.3) is 0 Å². The molecule has 2 saturated carbocycles. The Morgan fingerprint density at radius 3 is 1.81 bits per heavy atom. The zero-order chi connectivity index (χ0) is 36.5. The molecular formula is C39H46N6O6S2. The van der Waals surface area contributed by atoms with Gasteiger partial charge >= 0.3 is 11.9 Å². The third-order valence-corrected chi connectivity index (χ3v) is 12.9. The standard InChI is InChI=1S/C39H46N6O6S2/c1-48-26-12-21-14-30(43-34(21)28(17-26)40-23-8-4-5-9-23)37-42-25(19-52-37)16-33(46)51-36(39(47)50-3)32-20-53-38(45-32)31-15-22-13-27(49-2)18-29(35(22)44-31)41-24-10-6-7-11-24/h12-15,17-18,23-25,32,36,40-41,43-44H,4-11,16,19-20H2,1-3H3. The first-order chi connectivity index (χ1) is 25.9.